The summed E-state index contributed by atoms with van der Waals surface area (Å²) in [7, 11) is 0. The van der Waals surface area contributed by atoms with Crippen LogP contribution in [0.5, 0.6) is 0 Å². The fraction of sp³-hybridized carbons (Fsp3) is 0.500. The molecule has 5 rings (SSSR count). The van der Waals surface area contributed by atoms with E-state index in [1.165, 1.54) is 0 Å². The van der Waals surface area contributed by atoms with E-state index in [2.05, 4.69) is 15.7 Å². The average molecular weight is 556 g/mol. The summed E-state index contributed by atoms with van der Waals surface area (Å²) in [6.45, 7) is 7.63. The van der Waals surface area contributed by atoms with Crippen LogP contribution >= 0.6 is 0 Å². The van der Waals surface area contributed by atoms with E-state index in [0.29, 0.717) is 38.4 Å². The van der Waals surface area contributed by atoms with Crippen molar-refractivity contribution >= 4 is 5.91 Å². The van der Waals surface area contributed by atoms with Crippen LogP contribution in [-0.2, 0) is 16.1 Å². The standard InChI is InChI=1S/C30H36F3N5O2/c1-29(2,3)25(30(12-7-13-40-30)28(39)35-16-20-15-34-17-24(20)33)27-36-26(22-14-21(31)10-11-23(22)32)37-38(27)18-19-8-5-4-6-9-19/h4-6,8-11,14,20,24-25,34H,7,12-13,15-18H2,1-3H3,(H,35,39)/t20-,24-,25-,30?/m0/s1. The zero-order valence-electron chi connectivity index (χ0n) is 23.1. The molecule has 2 saturated heterocycles. The number of hydrogen-bond donors (Lipinski definition) is 2. The number of nitrogens with zero attached hydrogens (tertiary/aromatic N) is 3. The molecule has 3 heterocycles. The smallest absolute Gasteiger partial charge is 0.253 e. The second kappa shape index (κ2) is 11.3. The molecule has 2 N–H and O–H groups in total. The lowest BCUT2D eigenvalue weighted by atomic mass is 9.68. The van der Waals surface area contributed by atoms with E-state index in [4.69, 9.17) is 9.72 Å². The largest absolute Gasteiger partial charge is 0.364 e. The van der Waals surface area contributed by atoms with Crippen LogP contribution in [0.2, 0.25) is 0 Å². The lowest BCUT2D eigenvalue weighted by Crippen LogP contribution is -2.55. The van der Waals surface area contributed by atoms with E-state index in [0.717, 1.165) is 23.8 Å². The Balaban J connectivity index is 1.60. The summed E-state index contributed by atoms with van der Waals surface area (Å²) >= 11 is 0. The molecule has 1 unspecified atom stereocenters. The van der Waals surface area contributed by atoms with Crippen LogP contribution < -0.4 is 10.6 Å². The van der Waals surface area contributed by atoms with Crippen LogP contribution in [0.3, 0.4) is 0 Å². The molecule has 0 saturated carbocycles. The molecular formula is C30H36F3N5O2. The number of carbonyl (C=O) groups is 1. The molecule has 4 atom stereocenters. The minimum absolute atomic E-state index is 0.0306. The summed E-state index contributed by atoms with van der Waals surface area (Å²) in [5, 5.41) is 10.6. The van der Waals surface area contributed by atoms with Gasteiger partial charge < -0.3 is 15.4 Å². The molecule has 0 radical (unpaired) electrons. The Labute approximate surface area is 232 Å². The number of hydrogen-bond acceptors (Lipinski definition) is 5. The highest BCUT2D eigenvalue weighted by Crippen LogP contribution is 2.49. The van der Waals surface area contributed by atoms with Crippen LogP contribution in [0.25, 0.3) is 11.4 Å². The normalized spacial score (nSPS) is 23.9. The quantitative estimate of drug-likeness (QED) is 0.424. The van der Waals surface area contributed by atoms with E-state index in [9.17, 15) is 18.0 Å². The molecule has 2 aliphatic heterocycles. The van der Waals surface area contributed by atoms with Crippen molar-refractivity contribution in [3.8, 4) is 11.4 Å². The summed E-state index contributed by atoms with van der Waals surface area (Å²) in [6.07, 6.45) is 0.0661. The molecule has 2 fully saturated rings. The SMILES string of the molecule is CC(C)(C)[C@H](c1nc(-c2cc(F)ccc2F)nn1Cc1ccccc1)C1(C(=O)NC[C@@H]2CNC[C@@H]2F)CCCO1. The Morgan fingerprint density at radius 2 is 1.98 bits per heavy atom. The number of carbonyl (C=O) groups excluding carboxylic acids is 1. The van der Waals surface area contributed by atoms with E-state index in [1.807, 2.05) is 51.1 Å². The van der Waals surface area contributed by atoms with E-state index in [-0.39, 0.29) is 36.3 Å². The Bertz CT molecular complexity index is 1330. The van der Waals surface area contributed by atoms with E-state index >= 15 is 0 Å². The first-order valence-corrected chi connectivity index (χ1v) is 13.8. The van der Waals surface area contributed by atoms with Gasteiger partial charge in [-0.1, -0.05) is 51.1 Å². The van der Waals surface area contributed by atoms with Crippen LogP contribution in [0, 0.1) is 23.0 Å². The molecule has 1 aromatic heterocycles. The molecule has 10 heteroatoms. The third kappa shape index (κ3) is 5.65. The lowest BCUT2D eigenvalue weighted by molar-refractivity contribution is -0.149. The van der Waals surface area contributed by atoms with Gasteiger partial charge in [0.2, 0.25) is 0 Å². The fourth-order valence-electron chi connectivity index (χ4n) is 5.99. The van der Waals surface area contributed by atoms with Crippen molar-refractivity contribution in [1.82, 2.24) is 25.4 Å². The molecule has 7 nitrogen and oxygen atoms in total. The molecule has 2 aromatic carbocycles. The first-order valence-electron chi connectivity index (χ1n) is 13.8. The predicted octanol–water partition coefficient (Wildman–Crippen LogP) is 4.62. The Morgan fingerprint density at radius 1 is 1.20 bits per heavy atom. The molecule has 40 heavy (non-hydrogen) atoms. The zero-order chi connectivity index (χ0) is 28.5. The molecule has 214 valence electrons. The molecular weight excluding hydrogens is 519 g/mol. The second-order valence-corrected chi connectivity index (χ2v) is 11.8. The third-order valence-electron chi connectivity index (χ3n) is 7.85. The van der Waals surface area contributed by atoms with Crippen molar-refractivity contribution in [2.24, 2.45) is 11.3 Å². The lowest BCUT2D eigenvalue weighted by Gasteiger charge is -2.42. The number of nitrogens with one attached hydrogen (secondary N) is 2. The third-order valence-corrected chi connectivity index (χ3v) is 7.85. The predicted molar refractivity (Wildman–Crippen MR) is 145 cm³/mol. The van der Waals surface area contributed by atoms with Gasteiger partial charge in [-0.2, -0.15) is 5.10 Å². The van der Waals surface area contributed by atoms with Gasteiger partial charge in [-0.05, 0) is 42.0 Å². The molecule has 0 spiro atoms. The van der Waals surface area contributed by atoms with Gasteiger partial charge in [-0.15, -0.1) is 0 Å². The van der Waals surface area contributed by atoms with Crippen molar-refractivity contribution in [2.75, 3.05) is 26.2 Å². The number of benzene rings is 2. The van der Waals surface area contributed by atoms with Gasteiger partial charge in [0.1, 0.15) is 23.6 Å². The van der Waals surface area contributed by atoms with Gasteiger partial charge in [0, 0.05) is 32.2 Å². The summed E-state index contributed by atoms with van der Waals surface area (Å²) in [5.74, 6) is -2.02. The summed E-state index contributed by atoms with van der Waals surface area (Å²) in [5.41, 5.74) is -0.983. The van der Waals surface area contributed by atoms with Gasteiger partial charge in [0.25, 0.3) is 5.91 Å². The highest BCUT2D eigenvalue weighted by atomic mass is 19.1. The van der Waals surface area contributed by atoms with Gasteiger partial charge in [-0.25, -0.2) is 22.8 Å². The zero-order valence-corrected chi connectivity index (χ0v) is 23.1. The first-order chi connectivity index (χ1) is 19.1. The summed E-state index contributed by atoms with van der Waals surface area (Å²) in [4.78, 5) is 18.8. The minimum Gasteiger partial charge on any atom is -0.364 e. The molecule has 0 bridgehead atoms. The van der Waals surface area contributed by atoms with Gasteiger partial charge >= 0.3 is 0 Å². The van der Waals surface area contributed by atoms with E-state index < -0.39 is 34.7 Å². The second-order valence-electron chi connectivity index (χ2n) is 11.8. The number of alkyl halides is 1. The Kier molecular flexibility index (Phi) is 8.01. The maximum absolute atomic E-state index is 14.9. The Morgan fingerprint density at radius 3 is 2.62 bits per heavy atom. The first kappa shape index (κ1) is 28.3. The Hall–Kier alpha value is -3.24. The number of aromatic nitrogens is 3. The van der Waals surface area contributed by atoms with Gasteiger partial charge in [0.15, 0.2) is 11.4 Å². The number of halogens is 3. The van der Waals surface area contributed by atoms with Crippen molar-refractivity contribution in [1.29, 1.82) is 0 Å². The molecule has 1 amide bonds. The van der Waals surface area contributed by atoms with Crippen molar-refractivity contribution in [3.05, 3.63) is 71.6 Å². The van der Waals surface area contributed by atoms with E-state index in [1.54, 1.807) is 4.68 Å². The summed E-state index contributed by atoms with van der Waals surface area (Å²) in [6, 6.07) is 12.8. The van der Waals surface area contributed by atoms with Crippen LogP contribution in [0.1, 0.15) is 50.9 Å². The van der Waals surface area contributed by atoms with Crippen molar-refractivity contribution in [3.63, 3.8) is 0 Å². The number of amides is 1. The van der Waals surface area contributed by atoms with Crippen LogP contribution in [0.15, 0.2) is 48.5 Å². The minimum atomic E-state index is -1.30. The maximum Gasteiger partial charge on any atom is 0.253 e. The van der Waals surface area contributed by atoms with Gasteiger partial charge in [0.05, 0.1) is 18.0 Å². The fourth-order valence-corrected chi connectivity index (χ4v) is 5.99. The molecule has 0 aliphatic carbocycles. The summed E-state index contributed by atoms with van der Waals surface area (Å²) < 4.78 is 51.3. The van der Waals surface area contributed by atoms with Crippen molar-refractivity contribution < 1.29 is 22.7 Å². The van der Waals surface area contributed by atoms with Crippen LogP contribution in [0.4, 0.5) is 13.2 Å². The highest BCUT2D eigenvalue weighted by molar-refractivity contribution is 5.87. The number of ether oxygens (including phenoxy) is 1. The maximum atomic E-state index is 14.9. The molecule has 2 aliphatic rings. The average Bonchev–Trinajstić information content (AvgIpc) is 3.66. The van der Waals surface area contributed by atoms with Crippen LogP contribution in [-0.4, -0.2) is 58.7 Å². The molecule has 3 aromatic rings. The van der Waals surface area contributed by atoms with Gasteiger partial charge in [-0.3, -0.25) is 4.79 Å². The monoisotopic (exact) mass is 555 g/mol. The van der Waals surface area contributed by atoms with Crippen molar-refractivity contribution in [2.45, 2.75) is 57.8 Å². The highest BCUT2D eigenvalue weighted by Gasteiger charge is 2.56. The topological polar surface area (TPSA) is 81.1 Å². The number of rotatable bonds is 8.